The summed E-state index contributed by atoms with van der Waals surface area (Å²) >= 11 is 5.61. The number of halogens is 1. The minimum absolute atomic E-state index is 0.0442. The molecular weight excluding hydrogens is 186 g/mol. The molecule has 0 bridgehead atoms. The molecule has 0 radical (unpaired) electrons. The molecule has 13 heavy (non-hydrogen) atoms. The third-order valence-corrected chi connectivity index (χ3v) is 3.19. The number of carbonyl (C=O) groups is 1. The molecule has 0 aliphatic heterocycles. The van der Waals surface area contributed by atoms with Crippen molar-refractivity contribution in [2.45, 2.75) is 39.2 Å². The minimum atomic E-state index is -0.0836. The van der Waals surface area contributed by atoms with E-state index >= 15 is 0 Å². The predicted molar refractivity (Wildman–Crippen MR) is 54.8 cm³/mol. The van der Waals surface area contributed by atoms with Crippen LogP contribution in [0.5, 0.6) is 0 Å². The van der Waals surface area contributed by atoms with Crippen molar-refractivity contribution < 1.29 is 4.79 Å². The standard InChI is InChI=1S/C10H18ClNO/c1-7(6-11)9(13)12-10(2,3)8-4-5-8/h7-8H,4-6H2,1-3H3,(H,12,13). The molecule has 1 atom stereocenters. The first kappa shape index (κ1) is 10.8. The van der Waals surface area contributed by atoms with Gasteiger partial charge in [-0.05, 0) is 32.6 Å². The molecule has 0 aromatic rings. The number of carbonyl (C=O) groups excluding carboxylic acids is 1. The lowest BCUT2D eigenvalue weighted by Crippen LogP contribution is -2.47. The van der Waals surface area contributed by atoms with E-state index in [2.05, 4.69) is 19.2 Å². The first-order valence-corrected chi connectivity index (χ1v) is 5.39. The molecule has 1 rings (SSSR count). The SMILES string of the molecule is CC(CCl)C(=O)NC(C)(C)C1CC1. The molecular formula is C10H18ClNO. The van der Waals surface area contributed by atoms with Gasteiger partial charge in [0.2, 0.25) is 5.91 Å². The van der Waals surface area contributed by atoms with Crippen LogP contribution in [0.4, 0.5) is 0 Å². The van der Waals surface area contributed by atoms with Crippen molar-refractivity contribution in [2.24, 2.45) is 11.8 Å². The molecule has 1 saturated carbocycles. The van der Waals surface area contributed by atoms with Gasteiger partial charge in [0.05, 0.1) is 0 Å². The lowest BCUT2D eigenvalue weighted by atomic mass is 9.98. The summed E-state index contributed by atoms with van der Waals surface area (Å²) in [5.74, 6) is 1.05. The topological polar surface area (TPSA) is 29.1 Å². The third kappa shape index (κ3) is 2.87. The van der Waals surface area contributed by atoms with E-state index in [1.807, 2.05) is 6.92 Å². The van der Waals surface area contributed by atoms with Crippen molar-refractivity contribution in [2.75, 3.05) is 5.88 Å². The summed E-state index contributed by atoms with van der Waals surface area (Å²) in [6.45, 7) is 6.03. The third-order valence-electron chi connectivity index (χ3n) is 2.72. The summed E-state index contributed by atoms with van der Waals surface area (Å²) in [6, 6.07) is 0. The van der Waals surface area contributed by atoms with Crippen LogP contribution in [0.2, 0.25) is 0 Å². The summed E-state index contributed by atoms with van der Waals surface area (Å²) in [5, 5.41) is 3.05. The Balaban J connectivity index is 2.42. The molecule has 0 heterocycles. The predicted octanol–water partition coefficient (Wildman–Crippen LogP) is 2.17. The van der Waals surface area contributed by atoms with Gasteiger partial charge in [-0.15, -0.1) is 11.6 Å². The minimum Gasteiger partial charge on any atom is -0.351 e. The van der Waals surface area contributed by atoms with Crippen molar-refractivity contribution in [1.29, 1.82) is 0 Å². The molecule has 0 aromatic carbocycles. The van der Waals surface area contributed by atoms with Crippen molar-refractivity contribution in [3.05, 3.63) is 0 Å². The Morgan fingerprint density at radius 1 is 1.62 bits per heavy atom. The molecule has 3 heteroatoms. The summed E-state index contributed by atoms with van der Waals surface area (Å²) in [7, 11) is 0. The van der Waals surface area contributed by atoms with Gasteiger partial charge in [-0.2, -0.15) is 0 Å². The van der Waals surface area contributed by atoms with E-state index < -0.39 is 0 Å². The fraction of sp³-hybridized carbons (Fsp3) is 0.900. The Morgan fingerprint density at radius 2 is 2.15 bits per heavy atom. The van der Waals surface area contributed by atoms with Crippen LogP contribution in [-0.4, -0.2) is 17.3 Å². The van der Waals surface area contributed by atoms with E-state index in [9.17, 15) is 4.79 Å². The Kier molecular flexibility index (Phi) is 3.23. The average Bonchev–Trinajstić information content (AvgIpc) is 2.84. The molecule has 1 N–H and O–H groups in total. The van der Waals surface area contributed by atoms with Crippen LogP contribution in [0.25, 0.3) is 0 Å². The highest BCUT2D eigenvalue weighted by Gasteiger charge is 2.39. The van der Waals surface area contributed by atoms with E-state index in [1.54, 1.807) is 0 Å². The second-order valence-electron chi connectivity index (χ2n) is 4.54. The number of hydrogen-bond donors (Lipinski definition) is 1. The Hall–Kier alpha value is -0.240. The highest BCUT2D eigenvalue weighted by atomic mass is 35.5. The molecule has 1 aliphatic rings. The number of nitrogens with one attached hydrogen (secondary N) is 1. The normalized spacial score (nSPS) is 19.7. The molecule has 0 saturated heterocycles. The van der Waals surface area contributed by atoms with Crippen molar-refractivity contribution in [3.8, 4) is 0 Å². The molecule has 76 valence electrons. The largest absolute Gasteiger partial charge is 0.351 e. The second kappa shape index (κ2) is 3.87. The molecule has 1 unspecified atom stereocenters. The molecule has 2 nitrogen and oxygen atoms in total. The van der Waals surface area contributed by atoms with E-state index in [1.165, 1.54) is 12.8 Å². The molecule has 1 fully saturated rings. The van der Waals surface area contributed by atoms with Crippen molar-refractivity contribution in [3.63, 3.8) is 0 Å². The van der Waals surface area contributed by atoms with Gasteiger partial charge in [0.1, 0.15) is 0 Å². The van der Waals surface area contributed by atoms with Crippen LogP contribution < -0.4 is 5.32 Å². The van der Waals surface area contributed by atoms with Gasteiger partial charge in [0, 0.05) is 17.3 Å². The van der Waals surface area contributed by atoms with Gasteiger partial charge in [-0.25, -0.2) is 0 Å². The molecule has 1 amide bonds. The summed E-state index contributed by atoms with van der Waals surface area (Å²) in [4.78, 5) is 11.5. The first-order valence-electron chi connectivity index (χ1n) is 4.85. The number of amides is 1. The van der Waals surface area contributed by atoms with Crippen molar-refractivity contribution in [1.82, 2.24) is 5.32 Å². The van der Waals surface area contributed by atoms with E-state index in [-0.39, 0.29) is 17.4 Å². The number of alkyl halides is 1. The maximum Gasteiger partial charge on any atom is 0.224 e. The average molecular weight is 204 g/mol. The Morgan fingerprint density at radius 3 is 2.54 bits per heavy atom. The zero-order valence-electron chi connectivity index (χ0n) is 8.56. The van der Waals surface area contributed by atoms with Crippen LogP contribution in [0, 0.1) is 11.8 Å². The lowest BCUT2D eigenvalue weighted by Gasteiger charge is -2.27. The number of hydrogen-bond acceptors (Lipinski definition) is 1. The zero-order valence-corrected chi connectivity index (χ0v) is 9.32. The Labute approximate surface area is 85.0 Å². The maximum atomic E-state index is 11.5. The van der Waals surface area contributed by atoms with E-state index in [0.717, 1.165) is 0 Å². The molecule has 0 aromatic heterocycles. The molecule has 1 aliphatic carbocycles. The zero-order chi connectivity index (χ0) is 10.1. The van der Waals surface area contributed by atoms with Crippen LogP contribution in [0.1, 0.15) is 33.6 Å². The van der Waals surface area contributed by atoms with Crippen LogP contribution >= 0.6 is 11.6 Å². The van der Waals surface area contributed by atoms with Gasteiger partial charge < -0.3 is 5.32 Å². The highest BCUT2D eigenvalue weighted by molar-refractivity contribution is 6.19. The fourth-order valence-corrected chi connectivity index (χ4v) is 1.56. The molecule has 0 spiro atoms. The summed E-state index contributed by atoms with van der Waals surface area (Å²) < 4.78 is 0. The van der Waals surface area contributed by atoms with Gasteiger partial charge in [-0.3, -0.25) is 4.79 Å². The highest BCUT2D eigenvalue weighted by Crippen LogP contribution is 2.39. The fourth-order valence-electron chi connectivity index (χ4n) is 1.42. The van der Waals surface area contributed by atoms with Gasteiger partial charge in [0.15, 0.2) is 0 Å². The monoisotopic (exact) mass is 203 g/mol. The maximum absolute atomic E-state index is 11.5. The van der Waals surface area contributed by atoms with Crippen molar-refractivity contribution >= 4 is 17.5 Å². The number of rotatable bonds is 4. The lowest BCUT2D eigenvalue weighted by molar-refractivity contribution is -0.125. The summed E-state index contributed by atoms with van der Waals surface area (Å²) in [5.41, 5.74) is -0.0442. The van der Waals surface area contributed by atoms with Crippen LogP contribution in [0.15, 0.2) is 0 Å². The first-order chi connectivity index (χ1) is 5.97. The smallest absolute Gasteiger partial charge is 0.224 e. The van der Waals surface area contributed by atoms with E-state index in [4.69, 9.17) is 11.6 Å². The van der Waals surface area contributed by atoms with Gasteiger partial charge in [-0.1, -0.05) is 6.92 Å². The quantitative estimate of drug-likeness (QED) is 0.698. The second-order valence-corrected chi connectivity index (χ2v) is 4.85. The van der Waals surface area contributed by atoms with E-state index in [0.29, 0.717) is 11.8 Å². The Bertz CT molecular complexity index is 199. The van der Waals surface area contributed by atoms with Crippen LogP contribution in [-0.2, 0) is 4.79 Å². The van der Waals surface area contributed by atoms with Gasteiger partial charge in [0.25, 0.3) is 0 Å². The van der Waals surface area contributed by atoms with Crippen LogP contribution in [0.3, 0.4) is 0 Å². The van der Waals surface area contributed by atoms with Gasteiger partial charge >= 0.3 is 0 Å². The summed E-state index contributed by atoms with van der Waals surface area (Å²) in [6.07, 6.45) is 2.48.